The molecule has 3 rings (SSSR count). The Balaban J connectivity index is 0.00000110. The number of piperidine rings is 1. The van der Waals surface area contributed by atoms with Crippen molar-refractivity contribution >= 4 is 47.3 Å². The summed E-state index contributed by atoms with van der Waals surface area (Å²) in [4.78, 5) is 20.5. The van der Waals surface area contributed by atoms with E-state index in [0.29, 0.717) is 0 Å². The molecular weight excluding hydrogens is 311 g/mol. The van der Waals surface area contributed by atoms with E-state index in [1.165, 1.54) is 0 Å². The number of nitrogens with zero attached hydrogens (tertiary/aromatic N) is 2. The van der Waals surface area contributed by atoms with Gasteiger partial charge >= 0.3 is 0 Å². The minimum Gasteiger partial charge on any atom is -0.324 e. The largest absolute Gasteiger partial charge is 0.324 e. The van der Waals surface area contributed by atoms with Gasteiger partial charge in [-0.1, -0.05) is 6.42 Å². The van der Waals surface area contributed by atoms with Crippen molar-refractivity contribution in [1.82, 2.24) is 15.3 Å². The average Bonchev–Trinajstić information content (AvgIpc) is 2.48. The van der Waals surface area contributed by atoms with Crippen molar-refractivity contribution in [2.75, 3.05) is 11.9 Å². The van der Waals surface area contributed by atoms with E-state index in [-0.39, 0.29) is 36.8 Å². The lowest BCUT2D eigenvalue weighted by atomic mass is 10.0. The fourth-order valence-electron chi connectivity index (χ4n) is 2.39. The van der Waals surface area contributed by atoms with Crippen LogP contribution in [0.3, 0.4) is 0 Å². The van der Waals surface area contributed by atoms with E-state index in [1.54, 1.807) is 18.6 Å². The van der Waals surface area contributed by atoms with Gasteiger partial charge in [-0.15, -0.1) is 24.8 Å². The molecule has 5 nitrogen and oxygen atoms in total. The highest BCUT2D eigenvalue weighted by atomic mass is 35.5. The number of nitrogens with one attached hydrogen (secondary N) is 2. The summed E-state index contributed by atoms with van der Waals surface area (Å²) in [5.74, 6) is 0.0241. The average molecular weight is 329 g/mol. The summed E-state index contributed by atoms with van der Waals surface area (Å²) in [6, 6.07) is 3.56. The van der Waals surface area contributed by atoms with Crippen LogP contribution in [0.5, 0.6) is 0 Å². The van der Waals surface area contributed by atoms with Gasteiger partial charge in [0.15, 0.2) is 0 Å². The standard InChI is InChI=1S/C14H16N4O.2ClH/c19-14(13-3-1-2-6-16-13)18-12-5-8-17-11-4-7-15-9-10(11)12;;/h4-5,7-9,13,16H,1-3,6H2,(H,17,18,19);2*1H/t13-;;/m1../s1. The smallest absolute Gasteiger partial charge is 0.241 e. The number of aromatic nitrogens is 2. The van der Waals surface area contributed by atoms with Gasteiger partial charge in [-0.2, -0.15) is 0 Å². The Kier molecular flexibility index (Phi) is 6.81. The van der Waals surface area contributed by atoms with Crippen LogP contribution in [0.1, 0.15) is 19.3 Å². The molecule has 1 aliphatic rings. The number of carbonyl (C=O) groups is 1. The number of amides is 1. The lowest BCUT2D eigenvalue weighted by Crippen LogP contribution is -2.43. The van der Waals surface area contributed by atoms with Crippen molar-refractivity contribution in [3.8, 4) is 0 Å². The molecule has 0 unspecified atom stereocenters. The number of carbonyl (C=O) groups excluding carboxylic acids is 1. The van der Waals surface area contributed by atoms with Crippen molar-refractivity contribution in [3.05, 3.63) is 30.7 Å². The molecule has 1 amide bonds. The summed E-state index contributed by atoms with van der Waals surface area (Å²) in [7, 11) is 0. The number of rotatable bonds is 2. The summed E-state index contributed by atoms with van der Waals surface area (Å²) < 4.78 is 0. The zero-order valence-electron chi connectivity index (χ0n) is 11.4. The molecule has 0 aromatic carbocycles. The normalized spacial score (nSPS) is 17.4. The summed E-state index contributed by atoms with van der Waals surface area (Å²) in [6.45, 7) is 0.913. The van der Waals surface area contributed by atoms with Crippen molar-refractivity contribution < 1.29 is 4.79 Å². The van der Waals surface area contributed by atoms with E-state index < -0.39 is 0 Å². The summed E-state index contributed by atoms with van der Waals surface area (Å²) in [5.41, 5.74) is 1.61. The number of halogens is 2. The number of pyridine rings is 2. The molecule has 7 heteroatoms. The first kappa shape index (κ1) is 17.6. The van der Waals surface area contributed by atoms with Crippen LogP contribution in [0.15, 0.2) is 30.7 Å². The third kappa shape index (κ3) is 4.03. The number of hydrogen-bond acceptors (Lipinski definition) is 4. The lowest BCUT2D eigenvalue weighted by molar-refractivity contribution is -0.118. The molecule has 0 spiro atoms. The first-order valence-electron chi connectivity index (χ1n) is 6.57. The summed E-state index contributed by atoms with van der Waals surface area (Å²) in [6.07, 6.45) is 8.27. The molecule has 0 bridgehead atoms. The molecule has 21 heavy (non-hydrogen) atoms. The Morgan fingerprint density at radius 1 is 1.24 bits per heavy atom. The quantitative estimate of drug-likeness (QED) is 0.889. The fraction of sp³-hybridized carbons (Fsp3) is 0.357. The molecule has 1 atom stereocenters. The molecule has 1 saturated heterocycles. The number of fused-ring (bicyclic) bond motifs is 1. The molecular formula is C14H18Cl2N4O. The third-order valence-corrected chi connectivity index (χ3v) is 3.43. The second kappa shape index (κ2) is 8.12. The first-order valence-corrected chi connectivity index (χ1v) is 6.57. The Morgan fingerprint density at radius 3 is 2.86 bits per heavy atom. The van der Waals surface area contributed by atoms with Gasteiger partial charge in [0.25, 0.3) is 0 Å². The zero-order chi connectivity index (χ0) is 13.1. The van der Waals surface area contributed by atoms with Crippen LogP contribution in [-0.2, 0) is 4.79 Å². The van der Waals surface area contributed by atoms with Crippen LogP contribution in [0.25, 0.3) is 10.9 Å². The van der Waals surface area contributed by atoms with Crippen LogP contribution in [0, 0.1) is 0 Å². The van der Waals surface area contributed by atoms with Crippen molar-refractivity contribution in [2.45, 2.75) is 25.3 Å². The van der Waals surface area contributed by atoms with Crippen LogP contribution >= 0.6 is 24.8 Å². The van der Waals surface area contributed by atoms with Gasteiger partial charge in [-0.05, 0) is 31.5 Å². The summed E-state index contributed by atoms with van der Waals surface area (Å²) in [5, 5.41) is 7.09. The molecule has 0 radical (unpaired) electrons. The predicted molar refractivity (Wildman–Crippen MR) is 88.3 cm³/mol. The molecule has 1 fully saturated rings. The van der Waals surface area contributed by atoms with Gasteiger partial charge in [0.1, 0.15) is 0 Å². The molecule has 3 heterocycles. The van der Waals surface area contributed by atoms with Gasteiger partial charge < -0.3 is 10.6 Å². The van der Waals surface area contributed by atoms with E-state index in [4.69, 9.17) is 0 Å². The Morgan fingerprint density at radius 2 is 2.10 bits per heavy atom. The zero-order valence-corrected chi connectivity index (χ0v) is 13.0. The molecule has 2 aromatic rings. The van der Waals surface area contributed by atoms with E-state index in [9.17, 15) is 4.79 Å². The van der Waals surface area contributed by atoms with E-state index in [1.807, 2.05) is 12.1 Å². The van der Waals surface area contributed by atoms with E-state index in [0.717, 1.165) is 42.4 Å². The predicted octanol–water partition coefficient (Wildman–Crippen LogP) is 2.55. The second-order valence-corrected chi connectivity index (χ2v) is 4.74. The minimum absolute atomic E-state index is 0. The first-order chi connectivity index (χ1) is 9.34. The van der Waals surface area contributed by atoms with E-state index >= 15 is 0 Å². The molecule has 1 aliphatic heterocycles. The monoisotopic (exact) mass is 328 g/mol. The minimum atomic E-state index is -0.0892. The highest BCUT2D eigenvalue weighted by molar-refractivity contribution is 6.02. The van der Waals surface area contributed by atoms with Crippen LogP contribution in [0.4, 0.5) is 5.69 Å². The summed E-state index contributed by atoms with van der Waals surface area (Å²) >= 11 is 0. The molecule has 2 N–H and O–H groups in total. The maximum absolute atomic E-state index is 12.2. The van der Waals surface area contributed by atoms with Gasteiger partial charge in [-0.25, -0.2) is 0 Å². The van der Waals surface area contributed by atoms with Crippen molar-refractivity contribution in [2.24, 2.45) is 0 Å². The SMILES string of the molecule is Cl.Cl.O=C(Nc1ccnc2ccncc12)[C@H]1CCCCN1. The van der Waals surface area contributed by atoms with E-state index in [2.05, 4.69) is 20.6 Å². The van der Waals surface area contributed by atoms with Gasteiger partial charge in [0.2, 0.25) is 5.91 Å². The Hall–Kier alpha value is -1.43. The Bertz CT molecular complexity index is 597. The number of hydrogen-bond donors (Lipinski definition) is 2. The molecule has 0 aliphatic carbocycles. The number of anilines is 1. The topological polar surface area (TPSA) is 66.9 Å². The third-order valence-electron chi connectivity index (χ3n) is 3.43. The van der Waals surface area contributed by atoms with Gasteiger partial charge in [0, 0.05) is 24.0 Å². The maximum Gasteiger partial charge on any atom is 0.241 e. The van der Waals surface area contributed by atoms with Crippen molar-refractivity contribution in [1.29, 1.82) is 0 Å². The van der Waals surface area contributed by atoms with Gasteiger partial charge in [0.05, 0.1) is 17.2 Å². The Labute approximate surface area is 135 Å². The fourth-order valence-corrected chi connectivity index (χ4v) is 2.39. The van der Waals surface area contributed by atoms with Crippen molar-refractivity contribution in [3.63, 3.8) is 0 Å². The van der Waals surface area contributed by atoms with Gasteiger partial charge in [-0.3, -0.25) is 14.8 Å². The molecule has 0 saturated carbocycles. The molecule has 2 aromatic heterocycles. The molecule has 114 valence electrons. The highest BCUT2D eigenvalue weighted by Crippen LogP contribution is 2.20. The second-order valence-electron chi connectivity index (χ2n) is 4.74. The van der Waals surface area contributed by atoms with Crippen LogP contribution in [-0.4, -0.2) is 28.5 Å². The lowest BCUT2D eigenvalue weighted by Gasteiger charge is -2.22. The van der Waals surface area contributed by atoms with Crippen LogP contribution in [0.2, 0.25) is 0 Å². The maximum atomic E-state index is 12.2. The highest BCUT2D eigenvalue weighted by Gasteiger charge is 2.20. The van der Waals surface area contributed by atoms with Crippen LogP contribution < -0.4 is 10.6 Å².